The van der Waals surface area contributed by atoms with Crippen molar-refractivity contribution in [1.29, 1.82) is 0 Å². The molecule has 1 N–H and O–H groups in total. The average molecular weight is 500 g/mol. The Balaban J connectivity index is 2.01. The van der Waals surface area contributed by atoms with Crippen molar-refractivity contribution < 1.29 is 9.53 Å². The first-order chi connectivity index (χ1) is 17.2. The summed E-state index contributed by atoms with van der Waals surface area (Å²) >= 11 is 0. The second-order valence-electron chi connectivity index (χ2n) is 10.6. The van der Waals surface area contributed by atoms with E-state index in [9.17, 15) is 5.11 Å². The smallest absolute Gasteiger partial charge is 0.174 e. The second-order valence-corrected chi connectivity index (χ2v) is 13.0. The molecule has 0 aliphatic rings. The van der Waals surface area contributed by atoms with Crippen LogP contribution >= 0.6 is 0 Å². The third kappa shape index (κ3) is 5.21. The van der Waals surface area contributed by atoms with E-state index in [1.807, 2.05) is 18.2 Å². The number of aliphatic hydroxyl groups is 1. The standard InChI is InChI=1S/C30H37N3O2Si/c1-29(2,3)26(21-27(34)35-36(4)5)28-31-22-32-33(28)30(23-15-9-6-10-16-23,24-17-11-7-12-18-24)25-19-13-8-14-20-25/h6-20,22,26-27,34,36H,21H2,1-5H3. The maximum Gasteiger partial charge on any atom is 0.174 e. The molecule has 4 aromatic rings. The van der Waals surface area contributed by atoms with Crippen molar-refractivity contribution in [2.75, 3.05) is 0 Å². The highest BCUT2D eigenvalue weighted by Crippen LogP contribution is 2.45. The van der Waals surface area contributed by atoms with Crippen LogP contribution in [-0.2, 0) is 9.96 Å². The van der Waals surface area contributed by atoms with Crippen LogP contribution in [0.25, 0.3) is 0 Å². The Morgan fingerprint density at radius 3 is 1.64 bits per heavy atom. The number of aliphatic hydroxyl groups excluding tert-OH is 1. The first kappa shape index (κ1) is 26.0. The van der Waals surface area contributed by atoms with E-state index in [1.165, 1.54) is 0 Å². The van der Waals surface area contributed by atoms with E-state index in [-0.39, 0.29) is 11.3 Å². The summed E-state index contributed by atoms with van der Waals surface area (Å²) in [5.41, 5.74) is 2.33. The summed E-state index contributed by atoms with van der Waals surface area (Å²) < 4.78 is 7.96. The Labute approximate surface area is 216 Å². The summed E-state index contributed by atoms with van der Waals surface area (Å²) in [6, 6.07) is 31.4. The van der Waals surface area contributed by atoms with Gasteiger partial charge in [-0.1, -0.05) is 112 Å². The van der Waals surface area contributed by atoms with Crippen LogP contribution in [-0.4, -0.2) is 35.2 Å². The summed E-state index contributed by atoms with van der Waals surface area (Å²) in [5.74, 6) is 0.727. The number of aromatic nitrogens is 3. The molecule has 6 heteroatoms. The van der Waals surface area contributed by atoms with E-state index in [0.717, 1.165) is 22.5 Å². The molecule has 0 saturated carbocycles. The van der Waals surface area contributed by atoms with Gasteiger partial charge in [-0.15, -0.1) is 0 Å². The van der Waals surface area contributed by atoms with E-state index >= 15 is 0 Å². The van der Waals surface area contributed by atoms with Crippen LogP contribution in [0.4, 0.5) is 0 Å². The molecule has 0 amide bonds. The van der Waals surface area contributed by atoms with Gasteiger partial charge in [-0.3, -0.25) is 0 Å². The van der Waals surface area contributed by atoms with Crippen LogP contribution in [0.5, 0.6) is 0 Å². The molecule has 0 bridgehead atoms. The van der Waals surface area contributed by atoms with Crippen molar-refractivity contribution in [2.45, 2.75) is 58.0 Å². The molecule has 4 rings (SSSR count). The maximum atomic E-state index is 10.9. The normalized spacial score (nSPS) is 14.1. The van der Waals surface area contributed by atoms with Crippen molar-refractivity contribution in [2.24, 2.45) is 5.41 Å². The fraction of sp³-hybridized carbons (Fsp3) is 0.333. The summed E-state index contributed by atoms with van der Waals surface area (Å²) in [7, 11) is -1.41. The third-order valence-electron chi connectivity index (χ3n) is 6.69. The zero-order valence-corrected chi connectivity index (χ0v) is 23.0. The molecule has 0 aliphatic heterocycles. The minimum atomic E-state index is -1.41. The largest absolute Gasteiger partial charge is 0.396 e. The quantitative estimate of drug-likeness (QED) is 0.175. The third-order valence-corrected chi connectivity index (χ3v) is 7.55. The lowest BCUT2D eigenvalue weighted by atomic mass is 9.74. The fourth-order valence-corrected chi connectivity index (χ4v) is 5.81. The Kier molecular flexibility index (Phi) is 7.88. The molecule has 0 aliphatic carbocycles. The topological polar surface area (TPSA) is 60.2 Å². The van der Waals surface area contributed by atoms with Gasteiger partial charge in [0, 0.05) is 12.3 Å². The summed E-state index contributed by atoms with van der Waals surface area (Å²) in [4.78, 5) is 4.85. The molecular weight excluding hydrogens is 462 g/mol. The zero-order chi connectivity index (χ0) is 25.8. The van der Waals surface area contributed by atoms with Crippen molar-refractivity contribution >= 4 is 9.04 Å². The van der Waals surface area contributed by atoms with Gasteiger partial charge in [-0.05, 0) is 35.2 Å². The minimum absolute atomic E-state index is 0.0988. The molecule has 3 aromatic carbocycles. The van der Waals surface area contributed by atoms with Crippen LogP contribution in [0.15, 0.2) is 97.3 Å². The highest BCUT2D eigenvalue weighted by molar-refractivity contribution is 6.48. The van der Waals surface area contributed by atoms with Crippen LogP contribution < -0.4 is 0 Å². The van der Waals surface area contributed by atoms with Crippen LogP contribution in [0.3, 0.4) is 0 Å². The number of benzene rings is 3. The van der Waals surface area contributed by atoms with Gasteiger partial charge >= 0.3 is 0 Å². The molecule has 2 unspecified atom stereocenters. The Bertz CT molecular complexity index is 1120. The average Bonchev–Trinajstić information content (AvgIpc) is 3.33. The van der Waals surface area contributed by atoms with Crippen LogP contribution in [0.2, 0.25) is 13.1 Å². The highest BCUT2D eigenvalue weighted by atomic mass is 28.3. The van der Waals surface area contributed by atoms with Gasteiger partial charge in [-0.25, -0.2) is 9.67 Å². The monoisotopic (exact) mass is 499 g/mol. The SMILES string of the molecule is C[SiH](C)OC(O)CC(c1ncnn1C(c1ccccc1)(c1ccccc1)c1ccccc1)C(C)(C)C. The predicted octanol–water partition coefficient (Wildman–Crippen LogP) is 5.96. The second kappa shape index (κ2) is 10.9. The van der Waals surface area contributed by atoms with Gasteiger partial charge in [0.2, 0.25) is 0 Å². The lowest BCUT2D eigenvalue weighted by Gasteiger charge is -2.40. The predicted molar refractivity (Wildman–Crippen MR) is 147 cm³/mol. The van der Waals surface area contributed by atoms with Gasteiger partial charge in [0.05, 0.1) is 0 Å². The van der Waals surface area contributed by atoms with Crippen molar-refractivity contribution in [3.63, 3.8) is 0 Å². The Morgan fingerprint density at radius 2 is 1.25 bits per heavy atom. The molecule has 1 heterocycles. The summed E-state index contributed by atoms with van der Waals surface area (Å²) in [6.07, 6.45) is 1.25. The molecule has 0 spiro atoms. The molecular formula is C30H37N3O2Si. The number of nitrogens with zero attached hydrogens (tertiary/aromatic N) is 3. The molecule has 0 fully saturated rings. The molecule has 2 atom stereocenters. The lowest BCUT2D eigenvalue weighted by Crippen LogP contribution is -2.41. The van der Waals surface area contributed by atoms with Crippen LogP contribution in [0.1, 0.15) is 55.6 Å². The number of hydrogen-bond acceptors (Lipinski definition) is 4. The van der Waals surface area contributed by atoms with Crippen molar-refractivity contribution in [3.8, 4) is 0 Å². The molecule has 188 valence electrons. The fourth-order valence-electron chi connectivity index (χ4n) is 5.07. The summed E-state index contributed by atoms with van der Waals surface area (Å²) in [6.45, 7) is 10.7. The molecule has 5 nitrogen and oxygen atoms in total. The van der Waals surface area contributed by atoms with Gasteiger partial charge in [0.1, 0.15) is 24.0 Å². The lowest BCUT2D eigenvalue weighted by molar-refractivity contribution is -0.0388. The zero-order valence-electron chi connectivity index (χ0n) is 21.9. The first-order valence-electron chi connectivity index (χ1n) is 12.6. The van der Waals surface area contributed by atoms with Gasteiger partial charge in [-0.2, -0.15) is 5.10 Å². The molecule has 1 aromatic heterocycles. The van der Waals surface area contributed by atoms with E-state index in [1.54, 1.807) is 6.33 Å². The molecule has 0 saturated heterocycles. The van der Waals surface area contributed by atoms with E-state index < -0.39 is 20.9 Å². The Morgan fingerprint density at radius 1 is 0.806 bits per heavy atom. The number of hydrogen-bond donors (Lipinski definition) is 1. The minimum Gasteiger partial charge on any atom is -0.396 e. The van der Waals surface area contributed by atoms with Crippen molar-refractivity contribution in [1.82, 2.24) is 14.8 Å². The summed E-state index contributed by atoms with van der Waals surface area (Å²) in [5, 5.41) is 15.8. The first-order valence-corrected chi connectivity index (χ1v) is 15.4. The van der Waals surface area contributed by atoms with E-state index in [2.05, 4.69) is 111 Å². The van der Waals surface area contributed by atoms with Crippen molar-refractivity contribution in [3.05, 3.63) is 120 Å². The maximum absolute atomic E-state index is 10.9. The van der Waals surface area contributed by atoms with Gasteiger partial charge in [0.15, 0.2) is 9.04 Å². The van der Waals surface area contributed by atoms with E-state index in [0.29, 0.717) is 6.42 Å². The molecule has 36 heavy (non-hydrogen) atoms. The Hall–Kier alpha value is -3.06. The highest BCUT2D eigenvalue weighted by Gasteiger charge is 2.44. The molecule has 0 radical (unpaired) electrons. The van der Waals surface area contributed by atoms with Gasteiger partial charge in [0.25, 0.3) is 0 Å². The van der Waals surface area contributed by atoms with Crippen LogP contribution in [0, 0.1) is 5.41 Å². The van der Waals surface area contributed by atoms with Gasteiger partial charge < -0.3 is 9.53 Å². The number of rotatable bonds is 9. The van der Waals surface area contributed by atoms with E-state index in [4.69, 9.17) is 14.5 Å².